The SMILES string of the molecule is CCCOC(=O)c1cc(NC(=O)c2ccccc2[N+](=O)[O-])ccc1N1CCOCC1. The van der Waals surface area contributed by atoms with E-state index in [0.29, 0.717) is 49.7 Å². The lowest BCUT2D eigenvalue weighted by molar-refractivity contribution is -0.385. The molecule has 0 atom stereocenters. The first-order valence-electron chi connectivity index (χ1n) is 9.70. The first-order valence-corrected chi connectivity index (χ1v) is 9.70. The van der Waals surface area contributed by atoms with Crippen LogP contribution >= 0.6 is 0 Å². The third-order valence-corrected chi connectivity index (χ3v) is 4.61. The normalized spacial score (nSPS) is 13.6. The summed E-state index contributed by atoms with van der Waals surface area (Å²) >= 11 is 0. The van der Waals surface area contributed by atoms with Crippen LogP contribution in [0.25, 0.3) is 0 Å². The monoisotopic (exact) mass is 413 g/mol. The van der Waals surface area contributed by atoms with Crippen molar-refractivity contribution in [3.8, 4) is 0 Å². The molecule has 1 aliphatic rings. The fraction of sp³-hybridized carbons (Fsp3) is 0.333. The maximum atomic E-state index is 12.6. The van der Waals surface area contributed by atoms with Gasteiger partial charge in [-0.25, -0.2) is 4.79 Å². The number of esters is 1. The molecule has 1 fully saturated rings. The maximum Gasteiger partial charge on any atom is 0.340 e. The smallest absolute Gasteiger partial charge is 0.340 e. The molecule has 0 aromatic heterocycles. The van der Waals surface area contributed by atoms with E-state index in [1.165, 1.54) is 24.3 Å². The Morgan fingerprint density at radius 1 is 1.17 bits per heavy atom. The molecule has 158 valence electrons. The summed E-state index contributed by atoms with van der Waals surface area (Å²) in [4.78, 5) is 37.9. The molecule has 0 aliphatic carbocycles. The number of hydrogen-bond acceptors (Lipinski definition) is 7. The topological polar surface area (TPSA) is 111 Å². The number of nitro benzene ring substituents is 1. The molecule has 1 heterocycles. The van der Waals surface area contributed by atoms with Gasteiger partial charge in [0.2, 0.25) is 0 Å². The second-order valence-electron chi connectivity index (χ2n) is 6.70. The van der Waals surface area contributed by atoms with Gasteiger partial charge in [-0.05, 0) is 30.7 Å². The Kier molecular flexibility index (Phi) is 6.97. The Bertz CT molecular complexity index is 940. The predicted octanol–water partition coefficient (Wildman–Crippen LogP) is 3.25. The lowest BCUT2D eigenvalue weighted by Crippen LogP contribution is -2.37. The van der Waals surface area contributed by atoms with E-state index in [0.717, 1.165) is 0 Å². The molecule has 0 bridgehead atoms. The molecular formula is C21H23N3O6. The summed E-state index contributed by atoms with van der Waals surface area (Å²) in [6.07, 6.45) is 0.687. The Hall–Kier alpha value is -3.46. The van der Waals surface area contributed by atoms with Crippen LogP contribution in [0.2, 0.25) is 0 Å². The van der Waals surface area contributed by atoms with Gasteiger partial charge in [-0.3, -0.25) is 14.9 Å². The van der Waals surface area contributed by atoms with E-state index in [4.69, 9.17) is 9.47 Å². The molecule has 3 rings (SSSR count). The molecule has 1 N–H and O–H groups in total. The van der Waals surface area contributed by atoms with E-state index in [2.05, 4.69) is 5.32 Å². The first kappa shape index (κ1) is 21.3. The number of morpholine rings is 1. The molecule has 2 aromatic rings. The van der Waals surface area contributed by atoms with Crippen LogP contribution in [0.15, 0.2) is 42.5 Å². The Morgan fingerprint density at radius 2 is 1.90 bits per heavy atom. The van der Waals surface area contributed by atoms with Gasteiger partial charge in [0.15, 0.2) is 0 Å². The van der Waals surface area contributed by atoms with Crippen LogP contribution in [-0.4, -0.2) is 49.7 Å². The Balaban J connectivity index is 1.89. The number of nitro groups is 1. The number of hydrogen-bond donors (Lipinski definition) is 1. The van der Waals surface area contributed by atoms with Crippen LogP contribution in [0, 0.1) is 10.1 Å². The molecule has 0 unspecified atom stereocenters. The summed E-state index contributed by atoms with van der Waals surface area (Å²) in [6.45, 7) is 4.57. The lowest BCUT2D eigenvalue weighted by Gasteiger charge is -2.30. The third-order valence-electron chi connectivity index (χ3n) is 4.61. The minimum Gasteiger partial charge on any atom is -0.462 e. The highest BCUT2D eigenvalue weighted by Crippen LogP contribution is 2.27. The number of benzene rings is 2. The summed E-state index contributed by atoms with van der Waals surface area (Å²) in [5.74, 6) is -1.12. The van der Waals surface area contributed by atoms with Gasteiger partial charge in [-0.15, -0.1) is 0 Å². The van der Waals surface area contributed by atoms with E-state index in [1.807, 2.05) is 11.8 Å². The van der Waals surface area contributed by atoms with E-state index < -0.39 is 16.8 Å². The standard InChI is InChI=1S/C21H23N3O6/c1-2-11-30-21(26)17-14-15(7-8-18(17)23-9-12-29-13-10-23)22-20(25)16-5-3-4-6-19(16)24(27)28/h3-8,14H,2,9-13H2,1H3,(H,22,25). The molecule has 1 amide bonds. The van der Waals surface area contributed by atoms with Crippen LogP contribution < -0.4 is 10.2 Å². The maximum absolute atomic E-state index is 12.6. The van der Waals surface area contributed by atoms with Crippen LogP contribution in [0.1, 0.15) is 34.1 Å². The number of nitrogens with zero attached hydrogens (tertiary/aromatic N) is 2. The van der Waals surface area contributed by atoms with Gasteiger partial charge in [-0.1, -0.05) is 19.1 Å². The lowest BCUT2D eigenvalue weighted by atomic mass is 10.1. The van der Waals surface area contributed by atoms with Gasteiger partial charge < -0.3 is 19.7 Å². The molecule has 9 nitrogen and oxygen atoms in total. The molecule has 30 heavy (non-hydrogen) atoms. The van der Waals surface area contributed by atoms with Crippen LogP contribution in [-0.2, 0) is 9.47 Å². The molecule has 9 heteroatoms. The molecule has 2 aromatic carbocycles. The second-order valence-corrected chi connectivity index (χ2v) is 6.70. The zero-order valence-corrected chi connectivity index (χ0v) is 16.6. The van der Waals surface area contributed by atoms with Gasteiger partial charge >= 0.3 is 5.97 Å². The molecule has 1 saturated heterocycles. The average molecular weight is 413 g/mol. The fourth-order valence-corrected chi connectivity index (χ4v) is 3.15. The Morgan fingerprint density at radius 3 is 2.60 bits per heavy atom. The van der Waals surface area contributed by atoms with Crippen LogP contribution in [0.3, 0.4) is 0 Å². The van der Waals surface area contributed by atoms with E-state index in [9.17, 15) is 19.7 Å². The molecular weight excluding hydrogens is 390 g/mol. The summed E-state index contributed by atoms with van der Waals surface area (Å²) < 4.78 is 10.7. The zero-order chi connectivity index (χ0) is 21.5. The van der Waals surface area contributed by atoms with Crippen LogP contribution in [0.4, 0.5) is 17.1 Å². The van der Waals surface area contributed by atoms with E-state index >= 15 is 0 Å². The summed E-state index contributed by atoms with van der Waals surface area (Å²) in [7, 11) is 0. The minimum atomic E-state index is -0.630. The molecule has 0 spiro atoms. The van der Waals surface area contributed by atoms with Gasteiger partial charge in [-0.2, -0.15) is 0 Å². The van der Waals surface area contributed by atoms with Crippen molar-refractivity contribution in [2.45, 2.75) is 13.3 Å². The zero-order valence-electron chi connectivity index (χ0n) is 16.6. The van der Waals surface area contributed by atoms with Gasteiger partial charge in [0, 0.05) is 24.8 Å². The fourth-order valence-electron chi connectivity index (χ4n) is 3.15. The highest BCUT2D eigenvalue weighted by Gasteiger charge is 2.23. The number of amides is 1. The molecule has 0 saturated carbocycles. The largest absolute Gasteiger partial charge is 0.462 e. The number of carbonyl (C=O) groups excluding carboxylic acids is 2. The van der Waals surface area contributed by atoms with Crippen molar-refractivity contribution in [2.75, 3.05) is 43.1 Å². The molecule has 1 aliphatic heterocycles. The van der Waals surface area contributed by atoms with Gasteiger partial charge in [0.1, 0.15) is 5.56 Å². The number of carbonyl (C=O) groups is 2. The average Bonchev–Trinajstić information content (AvgIpc) is 2.78. The number of para-hydroxylation sites is 1. The van der Waals surface area contributed by atoms with Crippen molar-refractivity contribution in [3.05, 3.63) is 63.7 Å². The number of anilines is 2. The van der Waals surface area contributed by atoms with E-state index in [-0.39, 0.29) is 17.9 Å². The minimum absolute atomic E-state index is 0.0603. The van der Waals surface area contributed by atoms with Crippen LogP contribution in [0.5, 0.6) is 0 Å². The first-order chi connectivity index (χ1) is 14.5. The number of rotatable bonds is 7. The van der Waals surface area contributed by atoms with E-state index in [1.54, 1.807) is 18.2 Å². The van der Waals surface area contributed by atoms with Crippen molar-refractivity contribution in [1.29, 1.82) is 0 Å². The van der Waals surface area contributed by atoms with Gasteiger partial charge in [0.05, 0.1) is 36.0 Å². The quantitative estimate of drug-likeness (QED) is 0.421. The van der Waals surface area contributed by atoms with Crippen molar-refractivity contribution in [2.24, 2.45) is 0 Å². The second kappa shape index (κ2) is 9.84. The summed E-state index contributed by atoms with van der Waals surface area (Å²) in [5.41, 5.74) is 1.02. The van der Waals surface area contributed by atoms with Crippen molar-refractivity contribution in [1.82, 2.24) is 0 Å². The van der Waals surface area contributed by atoms with Crippen molar-refractivity contribution < 1.29 is 24.0 Å². The number of nitrogens with one attached hydrogen (secondary N) is 1. The summed E-state index contributed by atoms with van der Waals surface area (Å²) in [6, 6.07) is 10.6. The molecule has 0 radical (unpaired) electrons. The number of ether oxygens (including phenoxy) is 2. The highest BCUT2D eigenvalue weighted by molar-refractivity contribution is 6.08. The predicted molar refractivity (Wildman–Crippen MR) is 111 cm³/mol. The Labute approximate surface area is 173 Å². The van der Waals surface area contributed by atoms with Crippen molar-refractivity contribution >= 4 is 28.9 Å². The highest BCUT2D eigenvalue weighted by atomic mass is 16.6. The van der Waals surface area contributed by atoms with Gasteiger partial charge in [0.25, 0.3) is 11.6 Å². The van der Waals surface area contributed by atoms with Crippen molar-refractivity contribution in [3.63, 3.8) is 0 Å². The summed E-state index contributed by atoms with van der Waals surface area (Å²) in [5, 5.41) is 13.8. The third kappa shape index (κ3) is 4.93.